The SMILES string of the molecule is C=C/C=C\C1=CN(C(C)=O)[C@@H](C)CN1C/C=C(/N)C/C=C\C(=C)OC. The molecule has 136 valence electrons. The van der Waals surface area contributed by atoms with Crippen LogP contribution in [0.25, 0.3) is 0 Å². The molecule has 1 aliphatic rings. The molecule has 1 aliphatic heterocycles. The molecule has 0 aliphatic carbocycles. The van der Waals surface area contributed by atoms with E-state index in [-0.39, 0.29) is 11.9 Å². The average Bonchev–Trinajstić information content (AvgIpc) is 2.58. The Bertz CT molecular complexity index is 614. The van der Waals surface area contributed by atoms with E-state index in [9.17, 15) is 4.79 Å². The van der Waals surface area contributed by atoms with Gasteiger partial charge in [0.05, 0.1) is 18.8 Å². The standard InChI is InChI=1S/C20H29N3O2/c1-6-7-11-20-15-23(18(4)24)16(2)14-22(20)13-12-19(21)10-8-9-17(3)25-5/h6-9,11-12,15-16H,1,3,10,13-14,21H2,2,4-5H3/b9-8-,11-7-,19-12+/t16-/m0/s1. The number of ether oxygens (including phenoxy) is 1. The van der Waals surface area contributed by atoms with Gasteiger partial charge in [-0.05, 0) is 25.2 Å². The molecule has 2 N–H and O–H groups in total. The summed E-state index contributed by atoms with van der Waals surface area (Å²) in [4.78, 5) is 15.7. The minimum Gasteiger partial charge on any atom is -0.497 e. The van der Waals surface area contributed by atoms with Gasteiger partial charge in [-0.25, -0.2) is 0 Å². The third-order valence-electron chi connectivity index (χ3n) is 3.86. The van der Waals surface area contributed by atoms with E-state index < -0.39 is 0 Å². The lowest BCUT2D eigenvalue weighted by atomic mass is 10.1. The van der Waals surface area contributed by atoms with Gasteiger partial charge in [-0.3, -0.25) is 4.79 Å². The number of rotatable bonds is 8. The number of nitrogens with zero attached hydrogens (tertiary/aromatic N) is 2. The normalized spacial score (nSPS) is 18.6. The minimum atomic E-state index is 0.0372. The summed E-state index contributed by atoms with van der Waals surface area (Å²) >= 11 is 0. The predicted molar refractivity (Wildman–Crippen MR) is 103 cm³/mol. The van der Waals surface area contributed by atoms with Gasteiger partial charge in [0, 0.05) is 38.3 Å². The summed E-state index contributed by atoms with van der Waals surface area (Å²) in [5.74, 6) is 0.636. The number of hydrogen-bond donors (Lipinski definition) is 1. The van der Waals surface area contributed by atoms with Crippen LogP contribution in [0.4, 0.5) is 0 Å². The molecule has 0 aromatic heterocycles. The van der Waals surface area contributed by atoms with Crippen LogP contribution in [0.5, 0.6) is 0 Å². The first-order valence-electron chi connectivity index (χ1n) is 8.27. The Morgan fingerprint density at radius 3 is 2.84 bits per heavy atom. The lowest BCUT2D eigenvalue weighted by Crippen LogP contribution is -2.46. The number of carbonyl (C=O) groups excluding carboxylic acids is 1. The molecule has 0 saturated heterocycles. The van der Waals surface area contributed by atoms with Crippen LogP contribution in [0.2, 0.25) is 0 Å². The van der Waals surface area contributed by atoms with E-state index in [1.54, 1.807) is 31.1 Å². The van der Waals surface area contributed by atoms with Crippen LogP contribution in [0.1, 0.15) is 20.3 Å². The zero-order valence-corrected chi connectivity index (χ0v) is 15.4. The van der Waals surface area contributed by atoms with Gasteiger partial charge >= 0.3 is 0 Å². The fourth-order valence-corrected chi connectivity index (χ4v) is 2.47. The molecule has 1 heterocycles. The Hall–Kier alpha value is -2.69. The molecule has 5 nitrogen and oxygen atoms in total. The first-order chi connectivity index (χ1) is 11.9. The van der Waals surface area contributed by atoms with E-state index in [2.05, 4.69) is 18.1 Å². The first kappa shape index (κ1) is 20.4. The highest BCUT2D eigenvalue weighted by atomic mass is 16.5. The van der Waals surface area contributed by atoms with E-state index in [0.717, 1.165) is 17.9 Å². The molecule has 0 aromatic carbocycles. The number of hydrogen-bond acceptors (Lipinski definition) is 4. The molecule has 0 radical (unpaired) electrons. The molecular weight excluding hydrogens is 314 g/mol. The molecule has 0 unspecified atom stereocenters. The molecule has 0 bridgehead atoms. The van der Waals surface area contributed by atoms with Gasteiger partial charge < -0.3 is 20.3 Å². The highest BCUT2D eigenvalue weighted by molar-refractivity contribution is 5.75. The highest BCUT2D eigenvalue weighted by Crippen LogP contribution is 2.19. The molecule has 1 amide bonds. The fraction of sp³-hybridized carbons (Fsp3) is 0.350. The second-order valence-corrected chi connectivity index (χ2v) is 5.89. The number of nitrogens with two attached hydrogens (primary N) is 1. The van der Waals surface area contributed by atoms with E-state index in [1.807, 2.05) is 37.4 Å². The van der Waals surface area contributed by atoms with E-state index in [4.69, 9.17) is 10.5 Å². The Labute approximate surface area is 151 Å². The summed E-state index contributed by atoms with van der Waals surface area (Å²) < 4.78 is 4.97. The van der Waals surface area contributed by atoms with Crippen LogP contribution in [0.3, 0.4) is 0 Å². The van der Waals surface area contributed by atoms with Gasteiger partial charge in [0.1, 0.15) is 5.76 Å². The fourth-order valence-electron chi connectivity index (χ4n) is 2.47. The van der Waals surface area contributed by atoms with Crippen molar-refractivity contribution in [3.05, 3.63) is 73.0 Å². The molecular formula is C20H29N3O2. The minimum absolute atomic E-state index is 0.0372. The van der Waals surface area contributed by atoms with Crippen molar-refractivity contribution in [3.8, 4) is 0 Å². The van der Waals surface area contributed by atoms with Crippen molar-refractivity contribution >= 4 is 5.91 Å². The molecule has 0 aromatic rings. The topological polar surface area (TPSA) is 58.8 Å². The van der Waals surface area contributed by atoms with Crippen molar-refractivity contribution in [1.82, 2.24) is 9.80 Å². The van der Waals surface area contributed by atoms with Crippen LogP contribution < -0.4 is 5.73 Å². The lowest BCUT2D eigenvalue weighted by Gasteiger charge is -2.38. The van der Waals surface area contributed by atoms with Gasteiger partial charge in [-0.15, -0.1) is 0 Å². The van der Waals surface area contributed by atoms with Crippen molar-refractivity contribution in [3.63, 3.8) is 0 Å². The number of allylic oxidation sites excluding steroid dienone is 5. The first-order valence-corrected chi connectivity index (χ1v) is 8.27. The van der Waals surface area contributed by atoms with Crippen molar-refractivity contribution < 1.29 is 9.53 Å². The quantitative estimate of drug-likeness (QED) is 0.543. The van der Waals surface area contributed by atoms with Crippen molar-refractivity contribution in [2.75, 3.05) is 20.2 Å². The van der Waals surface area contributed by atoms with Gasteiger partial charge in [0.15, 0.2) is 0 Å². The maximum absolute atomic E-state index is 11.8. The van der Waals surface area contributed by atoms with Crippen LogP contribution in [-0.2, 0) is 9.53 Å². The average molecular weight is 343 g/mol. The van der Waals surface area contributed by atoms with Crippen molar-refractivity contribution in [2.24, 2.45) is 5.73 Å². The molecule has 0 spiro atoms. The van der Waals surface area contributed by atoms with E-state index in [0.29, 0.717) is 18.7 Å². The number of amides is 1. The third-order valence-corrected chi connectivity index (χ3v) is 3.86. The van der Waals surface area contributed by atoms with Crippen molar-refractivity contribution in [2.45, 2.75) is 26.3 Å². The molecule has 1 atom stereocenters. The number of methoxy groups -OCH3 is 1. The van der Waals surface area contributed by atoms with Crippen molar-refractivity contribution in [1.29, 1.82) is 0 Å². The zero-order chi connectivity index (χ0) is 18.8. The summed E-state index contributed by atoms with van der Waals surface area (Å²) in [5.41, 5.74) is 7.80. The van der Waals surface area contributed by atoms with Crippen LogP contribution in [0.15, 0.2) is 73.0 Å². The molecule has 1 rings (SSSR count). The Balaban J connectivity index is 2.82. The summed E-state index contributed by atoms with van der Waals surface area (Å²) in [5, 5.41) is 0. The van der Waals surface area contributed by atoms with Gasteiger partial charge in [-0.1, -0.05) is 31.4 Å². The van der Waals surface area contributed by atoms with E-state index in [1.165, 1.54) is 0 Å². The summed E-state index contributed by atoms with van der Waals surface area (Å²) in [6.07, 6.45) is 13.7. The summed E-state index contributed by atoms with van der Waals surface area (Å²) in [7, 11) is 1.58. The largest absolute Gasteiger partial charge is 0.497 e. The smallest absolute Gasteiger partial charge is 0.223 e. The van der Waals surface area contributed by atoms with Gasteiger partial charge in [-0.2, -0.15) is 0 Å². The molecule has 0 saturated carbocycles. The second kappa shape index (κ2) is 10.2. The Morgan fingerprint density at radius 2 is 2.24 bits per heavy atom. The van der Waals surface area contributed by atoms with Gasteiger partial charge in [0.25, 0.3) is 0 Å². The zero-order valence-electron chi connectivity index (χ0n) is 15.4. The Kier molecular flexibility index (Phi) is 8.33. The number of carbonyl (C=O) groups is 1. The van der Waals surface area contributed by atoms with Gasteiger partial charge in [0.2, 0.25) is 5.91 Å². The lowest BCUT2D eigenvalue weighted by molar-refractivity contribution is -0.128. The molecule has 25 heavy (non-hydrogen) atoms. The molecule has 0 fully saturated rings. The molecule has 5 heteroatoms. The van der Waals surface area contributed by atoms with Crippen LogP contribution >= 0.6 is 0 Å². The summed E-state index contributed by atoms with van der Waals surface area (Å²) in [6, 6.07) is 0.109. The summed E-state index contributed by atoms with van der Waals surface area (Å²) in [6.45, 7) is 12.5. The maximum atomic E-state index is 11.8. The maximum Gasteiger partial charge on any atom is 0.223 e. The van der Waals surface area contributed by atoms with Crippen LogP contribution in [-0.4, -0.2) is 41.9 Å². The predicted octanol–water partition coefficient (Wildman–Crippen LogP) is 3.07. The van der Waals surface area contributed by atoms with Crippen LogP contribution in [0, 0.1) is 0 Å². The third kappa shape index (κ3) is 6.75. The highest BCUT2D eigenvalue weighted by Gasteiger charge is 2.24. The second-order valence-electron chi connectivity index (χ2n) is 5.89. The van der Waals surface area contributed by atoms with E-state index >= 15 is 0 Å². The monoisotopic (exact) mass is 343 g/mol. The Morgan fingerprint density at radius 1 is 1.52 bits per heavy atom.